The number of aromatic nitrogens is 2. The molecule has 148 valence electrons. The predicted octanol–water partition coefficient (Wildman–Crippen LogP) is 5.49. The molecule has 0 radical (unpaired) electrons. The number of anilines is 2. The summed E-state index contributed by atoms with van der Waals surface area (Å²) < 4.78 is 3.23. The summed E-state index contributed by atoms with van der Waals surface area (Å²) in [6, 6.07) is 22.0. The van der Waals surface area contributed by atoms with Gasteiger partial charge in [-0.3, -0.25) is 9.78 Å². The lowest BCUT2D eigenvalue weighted by Crippen LogP contribution is -2.14. The third kappa shape index (κ3) is 4.14. The summed E-state index contributed by atoms with van der Waals surface area (Å²) in [6.45, 7) is 0. The van der Waals surface area contributed by atoms with Crippen molar-refractivity contribution in [3.8, 4) is 0 Å². The molecule has 1 aliphatic rings. The van der Waals surface area contributed by atoms with Crippen LogP contribution < -0.4 is 10.0 Å². The van der Waals surface area contributed by atoms with Crippen molar-refractivity contribution in [2.45, 2.75) is 17.2 Å². The summed E-state index contributed by atoms with van der Waals surface area (Å²) in [5.74, 6) is 1.24. The topological polar surface area (TPSA) is 66.9 Å². The van der Waals surface area contributed by atoms with Gasteiger partial charge in [0, 0.05) is 40.5 Å². The lowest BCUT2D eigenvalue weighted by atomic mass is 10.1. The predicted molar refractivity (Wildman–Crippen MR) is 121 cm³/mol. The molecule has 2 heterocycles. The lowest BCUT2D eigenvalue weighted by molar-refractivity contribution is -0.117. The van der Waals surface area contributed by atoms with Gasteiger partial charge in [0.15, 0.2) is 0 Å². The molecule has 1 aliphatic carbocycles. The molecular formula is C24H20N4OS. The first-order valence-corrected chi connectivity index (χ1v) is 10.7. The largest absolute Gasteiger partial charge is 0.326 e. The monoisotopic (exact) mass is 412 g/mol. The summed E-state index contributed by atoms with van der Waals surface area (Å²) in [4.78, 5) is 22.2. The Bertz CT molecular complexity index is 1180. The van der Waals surface area contributed by atoms with Crippen molar-refractivity contribution in [2.75, 3.05) is 10.0 Å². The fourth-order valence-electron chi connectivity index (χ4n) is 3.57. The molecule has 5 rings (SSSR count). The molecule has 2 aromatic carbocycles. The Morgan fingerprint density at radius 2 is 1.87 bits per heavy atom. The molecule has 5 nitrogen and oxygen atoms in total. The van der Waals surface area contributed by atoms with Crippen LogP contribution in [-0.4, -0.2) is 15.9 Å². The number of nitrogens with one attached hydrogen (secondary N) is 2. The minimum atomic E-state index is 0.0308. The van der Waals surface area contributed by atoms with Crippen LogP contribution in [0.2, 0.25) is 0 Å². The van der Waals surface area contributed by atoms with E-state index in [0.29, 0.717) is 0 Å². The van der Waals surface area contributed by atoms with Crippen LogP contribution in [-0.2, 0) is 4.79 Å². The van der Waals surface area contributed by atoms with Crippen molar-refractivity contribution in [1.29, 1.82) is 0 Å². The van der Waals surface area contributed by atoms with Gasteiger partial charge in [0.25, 0.3) is 0 Å². The summed E-state index contributed by atoms with van der Waals surface area (Å²) in [6.07, 6.45) is 6.24. The SMILES string of the molecule is O=C(Nc1ccc2cnccc2c1)C1C[C@H]1c1ccc(SNc2ccccn2)cc1. The van der Waals surface area contributed by atoms with E-state index in [0.717, 1.165) is 33.6 Å². The van der Waals surface area contributed by atoms with Gasteiger partial charge in [-0.1, -0.05) is 24.3 Å². The van der Waals surface area contributed by atoms with Gasteiger partial charge in [-0.05, 0) is 77.7 Å². The highest BCUT2D eigenvalue weighted by Crippen LogP contribution is 2.48. The molecule has 1 amide bonds. The molecule has 0 saturated heterocycles. The molecule has 1 unspecified atom stereocenters. The van der Waals surface area contributed by atoms with Gasteiger partial charge in [-0.25, -0.2) is 4.98 Å². The molecule has 30 heavy (non-hydrogen) atoms. The number of rotatable bonds is 6. The summed E-state index contributed by atoms with van der Waals surface area (Å²) in [5.41, 5.74) is 2.04. The Balaban J connectivity index is 1.18. The van der Waals surface area contributed by atoms with Crippen molar-refractivity contribution in [2.24, 2.45) is 5.92 Å². The maximum atomic E-state index is 12.7. The van der Waals surface area contributed by atoms with Crippen molar-refractivity contribution in [3.63, 3.8) is 0 Å². The number of fused-ring (bicyclic) bond motifs is 1. The molecule has 6 heteroatoms. The third-order valence-corrected chi connectivity index (χ3v) is 6.10. The molecule has 1 fully saturated rings. The second-order valence-corrected chi connectivity index (χ2v) is 8.24. The van der Waals surface area contributed by atoms with E-state index in [1.54, 1.807) is 12.4 Å². The zero-order chi connectivity index (χ0) is 20.3. The molecule has 2 aromatic heterocycles. The van der Waals surface area contributed by atoms with Crippen LogP contribution in [0.4, 0.5) is 11.5 Å². The van der Waals surface area contributed by atoms with E-state index in [4.69, 9.17) is 0 Å². The maximum Gasteiger partial charge on any atom is 0.228 e. The van der Waals surface area contributed by atoms with Gasteiger partial charge < -0.3 is 10.0 Å². The first-order valence-electron chi connectivity index (χ1n) is 9.85. The van der Waals surface area contributed by atoms with Crippen LogP contribution in [0.1, 0.15) is 17.9 Å². The molecular weight excluding hydrogens is 392 g/mol. The highest BCUT2D eigenvalue weighted by atomic mass is 32.2. The Kier molecular flexibility index (Phi) is 5.07. The summed E-state index contributed by atoms with van der Waals surface area (Å²) in [5, 5.41) is 5.20. The second-order valence-electron chi connectivity index (χ2n) is 7.36. The Morgan fingerprint density at radius 3 is 2.70 bits per heavy atom. The minimum absolute atomic E-state index is 0.0308. The van der Waals surface area contributed by atoms with Gasteiger partial charge >= 0.3 is 0 Å². The van der Waals surface area contributed by atoms with Crippen LogP contribution in [0.15, 0.2) is 90.2 Å². The Hall–Kier alpha value is -3.38. The van der Waals surface area contributed by atoms with Crippen LogP contribution in [0, 0.1) is 5.92 Å². The molecule has 0 spiro atoms. The highest BCUT2D eigenvalue weighted by molar-refractivity contribution is 8.00. The van der Waals surface area contributed by atoms with Crippen LogP contribution in [0.3, 0.4) is 0 Å². The Labute approximate surface area is 179 Å². The average molecular weight is 413 g/mol. The molecule has 0 bridgehead atoms. The Morgan fingerprint density at radius 1 is 0.967 bits per heavy atom. The quantitative estimate of drug-likeness (QED) is 0.410. The van der Waals surface area contributed by atoms with Crippen molar-refractivity contribution >= 4 is 40.1 Å². The molecule has 2 atom stereocenters. The number of amides is 1. The maximum absolute atomic E-state index is 12.7. The molecule has 1 saturated carbocycles. The van der Waals surface area contributed by atoms with Crippen LogP contribution in [0.25, 0.3) is 10.8 Å². The van der Waals surface area contributed by atoms with E-state index in [1.807, 2.05) is 48.7 Å². The van der Waals surface area contributed by atoms with Gasteiger partial charge in [-0.15, -0.1) is 0 Å². The molecule has 0 aliphatic heterocycles. The number of benzene rings is 2. The zero-order valence-corrected chi connectivity index (χ0v) is 17.0. The van der Waals surface area contributed by atoms with Crippen molar-refractivity contribution in [3.05, 3.63) is 90.9 Å². The van der Waals surface area contributed by atoms with Crippen LogP contribution >= 0.6 is 11.9 Å². The summed E-state index contributed by atoms with van der Waals surface area (Å²) in [7, 11) is 0. The normalized spacial score (nSPS) is 17.5. The van der Waals surface area contributed by atoms with E-state index >= 15 is 0 Å². The average Bonchev–Trinajstić information content (AvgIpc) is 3.60. The van der Waals surface area contributed by atoms with Gasteiger partial charge in [0.1, 0.15) is 5.82 Å². The number of hydrogen-bond donors (Lipinski definition) is 2. The van der Waals surface area contributed by atoms with Crippen molar-refractivity contribution in [1.82, 2.24) is 9.97 Å². The van der Waals surface area contributed by atoms with Gasteiger partial charge in [0.2, 0.25) is 5.91 Å². The van der Waals surface area contributed by atoms with Gasteiger partial charge in [-0.2, -0.15) is 0 Å². The van der Waals surface area contributed by atoms with E-state index in [1.165, 1.54) is 17.5 Å². The number of carbonyl (C=O) groups excluding carboxylic acids is 1. The minimum Gasteiger partial charge on any atom is -0.326 e. The molecule has 2 N–H and O–H groups in total. The number of hydrogen-bond acceptors (Lipinski definition) is 5. The smallest absolute Gasteiger partial charge is 0.228 e. The fourth-order valence-corrected chi connectivity index (χ4v) is 4.18. The number of nitrogens with zero attached hydrogens (tertiary/aromatic N) is 2. The number of pyridine rings is 2. The lowest BCUT2D eigenvalue weighted by Gasteiger charge is -2.07. The van der Waals surface area contributed by atoms with Crippen LogP contribution in [0.5, 0.6) is 0 Å². The van der Waals surface area contributed by atoms with Crippen molar-refractivity contribution < 1.29 is 4.79 Å². The van der Waals surface area contributed by atoms with E-state index in [2.05, 4.69) is 44.3 Å². The van der Waals surface area contributed by atoms with Gasteiger partial charge in [0.05, 0.1) is 0 Å². The van der Waals surface area contributed by atoms with E-state index in [9.17, 15) is 4.79 Å². The fraction of sp³-hybridized carbons (Fsp3) is 0.125. The molecule has 4 aromatic rings. The zero-order valence-electron chi connectivity index (χ0n) is 16.2. The first kappa shape index (κ1) is 18.6. The highest BCUT2D eigenvalue weighted by Gasteiger charge is 2.43. The first-order chi connectivity index (χ1) is 14.8. The van der Waals surface area contributed by atoms with E-state index in [-0.39, 0.29) is 17.7 Å². The standard InChI is InChI=1S/C24H20N4OS/c29-24(27-19-7-4-18-15-25-12-10-17(18)13-19)22-14-21(22)16-5-8-20(9-6-16)30-28-23-3-1-2-11-26-23/h1-13,15,21-22H,14H2,(H,26,28)(H,27,29)/t21-,22?/m0/s1. The number of carbonyl (C=O) groups is 1. The second kappa shape index (κ2) is 8.16. The third-order valence-electron chi connectivity index (χ3n) is 5.28. The summed E-state index contributed by atoms with van der Waals surface area (Å²) >= 11 is 1.53. The van der Waals surface area contributed by atoms with E-state index < -0.39 is 0 Å².